The average Bonchev–Trinajstić information content (AvgIpc) is 2.40. The van der Waals surface area contributed by atoms with Gasteiger partial charge < -0.3 is 10.1 Å². The molecule has 0 fully saturated rings. The van der Waals surface area contributed by atoms with Gasteiger partial charge in [0.15, 0.2) is 0 Å². The zero-order valence-corrected chi connectivity index (χ0v) is 13.1. The highest BCUT2D eigenvalue weighted by molar-refractivity contribution is 9.10. The molecule has 0 spiro atoms. The number of hydrogen-bond acceptors (Lipinski definition) is 3. The van der Waals surface area contributed by atoms with Gasteiger partial charge in [0.05, 0.1) is 12.6 Å². The van der Waals surface area contributed by atoms with Crippen LogP contribution in [0.4, 0.5) is 5.69 Å². The number of anilines is 1. The van der Waals surface area contributed by atoms with Gasteiger partial charge in [0.1, 0.15) is 0 Å². The standard InChI is InChI=1S/C13H21BrN4O/c1-4-10-7-11(14)5-6-12(10)17-13(18-15)16-9(2)8-19-3/h5-7,9H,4,8,15H2,1-3H3,(H2,16,17,18). The molecule has 0 radical (unpaired) electrons. The second kappa shape index (κ2) is 8.14. The van der Waals surface area contributed by atoms with Gasteiger partial charge in [-0.25, -0.2) is 10.8 Å². The summed E-state index contributed by atoms with van der Waals surface area (Å²) in [4.78, 5) is 4.41. The fraction of sp³-hybridized carbons (Fsp3) is 0.462. The maximum Gasteiger partial charge on any atom is 0.210 e. The third-order valence-corrected chi connectivity index (χ3v) is 3.09. The maximum absolute atomic E-state index is 5.49. The number of halogens is 1. The van der Waals surface area contributed by atoms with Gasteiger partial charge in [-0.05, 0) is 37.1 Å². The third kappa shape index (κ3) is 5.18. The molecule has 1 rings (SSSR count). The lowest BCUT2D eigenvalue weighted by molar-refractivity contribution is 0.185. The molecule has 0 saturated heterocycles. The zero-order chi connectivity index (χ0) is 14.3. The van der Waals surface area contributed by atoms with Crippen LogP contribution >= 0.6 is 15.9 Å². The molecule has 1 aromatic carbocycles. The number of hydrogen-bond donors (Lipinski definition) is 3. The lowest BCUT2D eigenvalue weighted by atomic mass is 10.1. The first-order chi connectivity index (χ1) is 9.10. The van der Waals surface area contributed by atoms with E-state index in [2.05, 4.69) is 44.7 Å². The van der Waals surface area contributed by atoms with Crippen molar-refractivity contribution in [3.8, 4) is 0 Å². The number of ether oxygens (including phenoxy) is 1. The Labute approximate surface area is 122 Å². The molecule has 19 heavy (non-hydrogen) atoms. The number of nitrogens with one attached hydrogen (secondary N) is 2. The number of nitrogens with two attached hydrogens (primary N) is 1. The van der Waals surface area contributed by atoms with E-state index in [1.807, 2.05) is 19.1 Å². The van der Waals surface area contributed by atoms with Crippen LogP contribution in [0.15, 0.2) is 27.7 Å². The predicted octanol–water partition coefficient (Wildman–Crippen LogP) is 2.28. The normalized spacial score (nSPS) is 13.2. The van der Waals surface area contributed by atoms with Gasteiger partial charge in [-0.15, -0.1) is 0 Å². The molecule has 1 aromatic rings. The molecular weight excluding hydrogens is 308 g/mol. The van der Waals surface area contributed by atoms with Crippen molar-refractivity contribution in [3.63, 3.8) is 0 Å². The van der Waals surface area contributed by atoms with Gasteiger partial charge in [-0.2, -0.15) is 0 Å². The van der Waals surface area contributed by atoms with Crippen LogP contribution < -0.4 is 16.6 Å². The van der Waals surface area contributed by atoms with E-state index in [0.717, 1.165) is 16.6 Å². The van der Waals surface area contributed by atoms with Crippen molar-refractivity contribution < 1.29 is 4.74 Å². The second-order valence-corrected chi connectivity index (χ2v) is 5.12. The molecule has 0 aliphatic heterocycles. The Morgan fingerprint density at radius 2 is 2.26 bits per heavy atom. The van der Waals surface area contributed by atoms with Crippen LogP contribution in [0.3, 0.4) is 0 Å². The van der Waals surface area contributed by atoms with Crippen molar-refractivity contribution in [1.82, 2.24) is 5.43 Å². The van der Waals surface area contributed by atoms with E-state index in [9.17, 15) is 0 Å². The number of aliphatic imine (C=N–C) groups is 1. The van der Waals surface area contributed by atoms with Crippen LogP contribution in [0.25, 0.3) is 0 Å². The highest BCUT2D eigenvalue weighted by atomic mass is 79.9. The SMILES string of the molecule is CCc1cc(Br)ccc1NC(=NC(C)COC)NN. The van der Waals surface area contributed by atoms with E-state index in [1.165, 1.54) is 5.56 Å². The highest BCUT2D eigenvalue weighted by Crippen LogP contribution is 2.21. The van der Waals surface area contributed by atoms with E-state index in [1.54, 1.807) is 7.11 Å². The Kier molecular flexibility index (Phi) is 6.83. The minimum atomic E-state index is 0.0316. The lowest BCUT2D eigenvalue weighted by Crippen LogP contribution is -2.37. The highest BCUT2D eigenvalue weighted by Gasteiger charge is 2.06. The number of aryl methyl sites for hydroxylation is 1. The van der Waals surface area contributed by atoms with Crippen LogP contribution in [0.5, 0.6) is 0 Å². The Hall–Kier alpha value is -1.11. The lowest BCUT2D eigenvalue weighted by Gasteiger charge is -2.15. The summed E-state index contributed by atoms with van der Waals surface area (Å²) in [7, 11) is 1.65. The summed E-state index contributed by atoms with van der Waals surface area (Å²) in [5.41, 5.74) is 4.76. The van der Waals surface area contributed by atoms with E-state index in [-0.39, 0.29) is 6.04 Å². The summed E-state index contributed by atoms with van der Waals surface area (Å²) < 4.78 is 6.11. The van der Waals surface area contributed by atoms with Crippen molar-refractivity contribution in [1.29, 1.82) is 0 Å². The fourth-order valence-electron chi connectivity index (χ4n) is 1.71. The molecule has 0 bridgehead atoms. The summed E-state index contributed by atoms with van der Waals surface area (Å²) >= 11 is 3.47. The van der Waals surface area contributed by atoms with Gasteiger partial charge in [-0.1, -0.05) is 22.9 Å². The first kappa shape index (κ1) is 15.9. The second-order valence-electron chi connectivity index (χ2n) is 4.21. The Morgan fingerprint density at radius 3 is 2.84 bits per heavy atom. The maximum atomic E-state index is 5.49. The summed E-state index contributed by atoms with van der Waals surface area (Å²) in [6.45, 7) is 4.62. The minimum absolute atomic E-state index is 0.0316. The monoisotopic (exact) mass is 328 g/mol. The first-order valence-electron chi connectivity index (χ1n) is 6.19. The molecule has 0 aromatic heterocycles. The van der Waals surface area contributed by atoms with E-state index in [4.69, 9.17) is 10.6 Å². The topological polar surface area (TPSA) is 71.7 Å². The number of benzene rings is 1. The van der Waals surface area contributed by atoms with Gasteiger partial charge in [0.2, 0.25) is 5.96 Å². The minimum Gasteiger partial charge on any atom is -0.382 e. The molecule has 1 atom stereocenters. The summed E-state index contributed by atoms with van der Waals surface area (Å²) in [6.07, 6.45) is 0.924. The van der Waals surface area contributed by atoms with Crippen molar-refractivity contribution in [3.05, 3.63) is 28.2 Å². The van der Waals surface area contributed by atoms with E-state index >= 15 is 0 Å². The van der Waals surface area contributed by atoms with Crippen LogP contribution in [0.2, 0.25) is 0 Å². The van der Waals surface area contributed by atoms with E-state index < -0.39 is 0 Å². The Morgan fingerprint density at radius 1 is 1.53 bits per heavy atom. The number of methoxy groups -OCH3 is 1. The molecule has 4 N–H and O–H groups in total. The smallest absolute Gasteiger partial charge is 0.210 e. The van der Waals surface area contributed by atoms with Gasteiger partial charge >= 0.3 is 0 Å². The van der Waals surface area contributed by atoms with E-state index in [0.29, 0.717) is 12.6 Å². The Bertz CT molecular complexity index is 437. The number of nitrogens with zero attached hydrogens (tertiary/aromatic N) is 1. The summed E-state index contributed by atoms with van der Waals surface area (Å²) in [5, 5.41) is 3.20. The van der Waals surface area contributed by atoms with Crippen molar-refractivity contribution in [2.75, 3.05) is 19.0 Å². The molecule has 1 unspecified atom stereocenters. The molecule has 5 nitrogen and oxygen atoms in total. The average molecular weight is 329 g/mol. The van der Waals surface area contributed by atoms with Crippen LogP contribution in [0.1, 0.15) is 19.4 Å². The van der Waals surface area contributed by atoms with Gasteiger partial charge in [0.25, 0.3) is 0 Å². The molecule has 0 aliphatic carbocycles. The van der Waals surface area contributed by atoms with Crippen LogP contribution in [-0.2, 0) is 11.2 Å². The number of hydrazine groups is 1. The fourth-order valence-corrected chi connectivity index (χ4v) is 2.12. The molecule has 0 heterocycles. The molecule has 0 aliphatic rings. The molecule has 0 saturated carbocycles. The number of guanidine groups is 1. The summed E-state index contributed by atoms with van der Waals surface area (Å²) in [6, 6.07) is 6.09. The van der Waals surface area contributed by atoms with Crippen molar-refractivity contribution in [2.45, 2.75) is 26.3 Å². The Balaban J connectivity index is 2.86. The van der Waals surface area contributed by atoms with Crippen molar-refractivity contribution in [2.24, 2.45) is 10.8 Å². The first-order valence-corrected chi connectivity index (χ1v) is 6.98. The number of rotatable bonds is 5. The largest absolute Gasteiger partial charge is 0.382 e. The zero-order valence-electron chi connectivity index (χ0n) is 11.5. The van der Waals surface area contributed by atoms with Crippen LogP contribution in [0, 0.1) is 0 Å². The molecule has 0 amide bonds. The molecule has 106 valence electrons. The predicted molar refractivity (Wildman–Crippen MR) is 83.2 cm³/mol. The summed E-state index contributed by atoms with van der Waals surface area (Å²) in [5.74, 6) is 6.02. The quantitative estimate of drug-likeness (QED) is 0.335. The van der Waals surface area contributed by atoms with Crippen molar-refractivity contribution >= 4 is 27.6 Å². The molecule has 6 heteroatoms. The third-order valence-electron chi connectivity index (χ3n) is 2.60. The molecular formula is C13H21BrN4O. The van der Waals surface area contributed by atoms with Crippen LogP contribution in [-0.4, -0.2) is 25.7 Å². The van der Waals surface area contributed by atoms with Gasteiger partial charge in [0, 0.05) is 17.3 Å². The van der Waals surface area contributed by atoms with Gasteiger partial charge in [-0.3, -0.25) is 5.43 Å².